The quantitative estimate of drug-likeness (QED) is 0.0189. The summed E-state index contributed by atoms with van der Waals surface area (Å²) in [6, 6.07) is 0. The van der Waals surface area contributed by atoms with Crippen LogP contribution in [0, 0.1) is 0 Å². The molecule has 0 saturated heterocycles. The van der Waals surface area contributed by atoms with Gasteiger partial charge in [-0.3, -0.25) is 18.3 Å². The van der Waals surface area contributed by atoms with E-state index >= 15 is 0 Å². The van der Waals surface area contributed by atoms with Gasteiger partial charge in [-0.2, -0.15) is 0 Å². The van der Waals surface area contributed by atoms with Gasteiger partial charge in [-0.1, -0.05) is 0 Å². The number of nitrogens with zero attached hydrogens (tertiary/aromatic N) is 12. The van der Waals surface area contributed by atoms with E-state index in [9.17, 15) is 23.8 Å². The Morgan fingerprint density at radius 3 is 1.10 bits per heavy atom. The Hall–Kier alpha value is -2.97. The molecule has 0 aliphatic heterocycles. The molecule has 0 fully saturated rings. The van der Waals surface area contributed by atoms with Crippen LogP contribution in [0.2, 0.25) is 0 Å². The van der Waals surface area contributed by atoms with E-state index in [-0.39, 0.29) is 132 Å². The Kier molecular flexibility index (Phi) is 34.5. The number of fused-ring (bicyclic) bond motifs is 3. The van der Waals surface area contributed by atoms with Crippen LogP contribution >= 0.6 is 15.6 Å². The van der Waals surface area contributed by atoms with Crippen LogP contribution in [0.1, 0.15) is 43.0 Å². The van der Waals surface area contributed by atoms with Crippen LogP contribution in [0.15, 0.2) is 38.0 Å². The molecule has 33 heteroatoms. The average Bonchev–Trinajstić information content (AvgIpc) is 4.04. The number of ether oxygens (including phenoxy) is 3. The molecule has 0 spiro atoms. The van der Waals surface area contributed by atoms with E-state index < -0.39 is 15.6 Å². The van der Waals surface area contributed by atoms with Crippen molar-refractivity contribution in [3.8, 4) is 0 Å². The first kappa shape index (κ1) is 66.0. The molecule has 10 N–H and O–H groups in total. The average molecular weight is 1040 g/mol. The summed E-state index contributed by atoms with van der Waals surface area (Å²) in [5.74, 6) is 0.867. The Morgan fingerprint density at radius 1 is 0.536 bits per heavy atom. The molecule has 1 unspecified atom stereocenters. The zero-order valence-electron chi connectivity index (χ0n) is 41.5. The van der Waals surface area contributed by atoms with Gasteiger partial charge in [0.1, 0.15) is 55.7 Å². The van der Waals surface area contributed by atoms with Crippen molar-refractivity contribution in [1.82, 2.24) is 58.6 Å². The fourth-order valence-corrected chi connectivity index (χ4v) is 6.06. The molecule has 0 aliphatic rings. The predicted octanol–water partition coefficient (Wildman–Crippen LogP) is -9.55. The summed E-state index contributed by atoms with van der Waals surface area (Å²) in [6.45, 7) is 21.0. The number of phosphoric ester groups is 2. The van der Waals surface area contributed by atoms with Crippen molar-refractivity contribution in [3.63, 3.8) is 0 Å². The number of quaternary nitrogens is 2. The van der Waals surface area contributed by atoms with Gasteiger partial charge < -0.3 is 80.9 Å². The molecule has 378 valence electrons. The minimum atomic E-state index is -4.95. The molecule has 69 heavy (non-hydrogen) atoms. The van der Waals surface area contributed by atoms with Gasteiger partial charge in [0, 0.05) is 0 Å². The van der Waals surface area contributed by atoms with Gasteiger partial charge in [-0.05, 0) is 41.5 Å². The van der Waals surface area contributed by atoms with Crippen LogP contribution < -0.4 is 101 Å². The molecule has 6 heterocycles. The van der Waals surface area contributed by atoms with Crippen molar-refractivity contribution < 1.29 is 127 Å². The van der Waals surface area contributed by atoms with Crippen LogP contribution in [0.25, 0.3) is 33.5 Å². The standard InChI is InChI=1S/2C8H12N5O5P.C8H11N5O2.2C6H15N.2Na.H/c2*9-7-6-8(11-3-10-7)13(4-12-6)5-17-1-2-18-19(14,15)16;9-7-6-8(11-3-10-7)13(4-12-6)5-15-2-1-14;2*1-4-7(5-2)6-3;;;/h2*3-4H,1-2,5H2,(H2,9,10,11)(H2,14,15,16);3-4,14H,1-2,5H2,(H2,9,10,11);2*4-6H2,1-3H3;;;/q;;;;;2*+1;-1/p-1. The van der Waals surface area contributed by atoms with Crippen LogP contribution in [0.5, 0.6) is 0 Å². The van der Waals surface area contributed by atoms with Gasteiger partial charge >= 0.3 is 59.1 Å². The number of aliphatic hydroxyl groups is 1. The van der Waals surface area contributed by atoms with Crippen molar-refractivity contribution in [2.24, 2.45) is 0 Å². The van der Waals surface area contributed by atoms with Gasteiger partial charge in [-0.25, -0.2) is 44.9 Å². The summed E-state index contributed by atoms with van der Waals surface area (Å²) < 4.78 is 48.8. The summed E-state index contributed by atoms with van der Waals surface area (Å²) in [4.78, 5) is 77.9. The first-order valence-corrected chi connectivity index (χ1v) is 24.0. The molecule has 1 atom stereocenters. The van der Waals surface area contributed by atoms with E-state index in [1.165, 1.54) is 70.9 Å². The summed E-state index contributed by atoms with van der Waals surface area (Å²) in [7, 11) is -9.65. The first-order chi connectivity index (χ1) is 32.0. The fraction of sp³-hybridized carbons (Fsp3) is 0.583. The van der Waals surface area contributed by atoms with Crippen molar-refractivity contribution in [2.75, 3.05) is 96.1 Å². The Bertz CT molecular complexity index is 2260. The second kappa shape index (κ2) is 36.0. The molecule has 0 aromatic carbocycles. The van der Waals surface area contributed by atoms with E-state index in [1.54, 1.807) is 29.8 Å². The van der Waals surface area contributed by atoms with E-state index in [0.717, 1.165) is 0 Å². The SMILES string of the molecule is CC[NH+](CC)CC.CC[NH+](CC)CC.Nc1ncnc2c1ncn2COCCO.Nc1ncnc2c1ncn2COCCOP(=O)([O-])O.Nc1ncnc2c1ncn2COCCOP(=O)([O-])[O-].[H-].[Na+].[Na+]. The molecule has 0 bridgehead atoms. The number of phosphoric acid groups is 2. The first-order valence-electron chi connectivity index (χ1n) is 21.1. The number of rotatable bonds is 22. The zero-order chi connectivity index (χ0) is 49.8. The topological polar surface area (TPSA) is 408 Å². The molecular weight excluding hydrogens is 970 g/mol. The molecule has 0 amide bonds. The molecule has 6 rings (SSSR count). The third-order valence-corrected chi connectivity index (χ3v) is 10.2. The minimum Gasteiger partial charge on any atom is -1.00 e. The number of aromatic nitrogens is 12. The van der Waals surface area contributed by atoms with Crippen LogP contribution in [-0.4, -0.2) is 147 Å². The Morgan fingerprint density at radius 2 is 0.841 bits per heavy atom. The molecule has 0 radical (unpaired) electrons. The fourth-order valence-electron chi connectivity index (χ4n) is 5.45. The summed E-state index contributed by atoms with van der Waals surface area (Å²) >= 11 is 0. The monoisotopic (exact) mass is 1040 g/mol. The van der Waals surface area contributed by atoms with E-state index in [0.29, 0.717) is 39.3 Å². The third kappa shape index (κ3) is 25.3. The maximum Gasteiger partial charge on any atom is 1.00 e. The number of hydrogen-bond acceptors (Lipinski definition) is 23. The second-order valence-electron chi connectivity index (χ2n) is 13.5. The summed E-state index contributed by atoms with van der Waals surface area (Å²) in [5, 5.41) is 8.56. The van der Waals surface area contributed by atoms with Crippen molar-refractivity contribution in [3.05, 3.63) is 38.0 Å². The maximum absolute atomic E-state index is 10.3. The van der Waals surface area contributed by atoms with Gasteiger partial charge in [0.15, 0.2) is 34.4 Å². The number of imidazole rings is 3. The van der Waals surface area contributed by atoms with E-state index in [1.807, 2.05) is 0 Å². The third-order valence-electron chi connectivity index (χ3n) is 9.17. The number of anilines is 3. The van der Waals surface area contributed by atoms with Gasteiger partial charge in [-0.15, -0.1) is 0 Å². The largest absolute Gasteiger partial charge is 1.00 e. The van der Waals surface area contributed by atoms with Crippen molar-refractivity contribution >= 4 is 66.6 Å². The molecule has 29 nitrogen and oxygen atoms in total. The molecule has 0 saturated carbocycles. The number of nitrogen functional groups attached to an aromatic ring is 3. The normalized spacial score (nSPS) is 11.8. The number of nitrogens with one attached hydrogen (secondary N) is 2. The molecule has 6 aromatic rings. The van der Waals surface area contributed by atoms with Crippen LogP contribution in [0.4, 0.5) is 17.5 Å². The van der Waals surface area contributed by atoms with Gasteiger partial charge in [0.05, 0.1) is 106 Å². The van der Waals surface area contributed by atoms with Crippen molar-refractivity contribution in [2.45, 2.75) is 61.7 Å². The van der Waals surface area contributed by atoms with Gasteiger partial charge in [0.2, 0.25) is 0 Å². The zero-order valence-corrected chi connectivity index (χ0v) is 46.3. The van der Waals surface area contributed by atoms with Crippen LogP contribution in [-0.2, 0) is 52.6 Å². The Balaban J connectivity index is 0. The second-order valence-corrected chi connectivity index (χ2v) is 15.8. The van der Waals surface area contributed by atoms with Gasteiger partial charge in [0.25, 0.3) is 7.82 Å². The molecule has 0 aliphatic carbocycles. The molecule has 6 aromatic heterocycles. The Labute approximate surface area is 445 Å². The summed E-state index contributed by atoms with van der Waals surface area (Å²) in [5.41, 5.74) is 19.9. The van der Waals surface area contributed by atoms with E-state index in [4.69, 9.17) is 41.4 Å². The predicted molar refractivity (Wildman–Crippen MR) is 240 cm³/mol. The van der Waals surface area contributed by atoms with E-state index in [2.05, 4.69) is 95.4 Å². The minimum absolute atomic E-state index is 0. The number of nitrogens with two attached hydrogens (primary N) is 3. The smallest absolute Gasteiger partial charge is 1.00 e. The van der Waals surface area contributed by atoms with Crippen molar-refractivity contribution in [1.29, 1.82) is 0 Å². The number of hydrogen-bond donors (Lipinski definition) is 7. The molecular formula is C36H65N17Na2O12P2. The maximum atomic E-state index is 10.3. The number of aliphatic hydroxyl groups excluding tert-OH is 1. The summed E-state index contributed by atoms with van der Waals surface area (Å²) in [6.07, 6.45) is 8.49. The van der Waals surface area contributed by atoms with Crippen LogP contribution in [0.3, 0.4) is 0 Å².